The fourth-order valence-corrected chi connectivity index (χ4v) is 4.85. The van der Waals surface area contributed by atoms with Gasteiger partial charge in [-0.1, -0.05) is 43.3 Å². The predicted molar refractivity (Wildman–Crippen MR) is 138 cm³/mol. The van der Waals surface area contributed by atoms with Crippen LogP contribution in [0.25, 0.3) is 10.9 Å². The first-order chi connectivity index (χ1) is 17.5. The molecule has 184 valence electrons. The minimum atomic E-state index is -0.122. The monoisotopic (exact) mass is 482 g/mol. The number of hydrogen-bond acceptors (Lipinski definition) is 6. The van der Waals surface area contributed by atoms with Gasteiger partial charge in [0.2, 0.25) is 0 Å². The SMILES string of the molecule is CCC(c1nnnn1Cc1ccccc1)N(Cc1ccco1)Cc1cc2c(C)cc(C)cc2[nH]c1=O. The second-order valence-electron chi connectivity index (χ2n) is 9.26. The predicted octanol–water partition coefficient (Wildman–Crippen LogP) is 4.93. The maximum atomic E-state index is 13.1. The molecule has 0 aliphatic rings. The molecular formula is C28H30N6O2. The van der Waals surface area contributed by atoms with E-state index in [1.807, 2.05) is 54.1 Å². The van der Waals surface area contributed by atoms with Crippen molar-refractivity contribution >= 4 is 10.9 Å². The van der Waals surface area contributed by atoms with E-state index in [9.17, 15) is 4.79 Å². The molecule has 0 amide bonds. The normalized spacial score (nSPS) is 12.4. The van der Waals surface area contributed by atoms with Crippen LogP contribution in [-0.2, 0) is 19.6 Å². The number of nitrogens with one attached hydrogen (secondary N) is 1. The Morgan fingerprint density at radius 2 is 1.89 bits per heavy atom. The van der Waals surface area contributed by atoms with Gasteiger partial charge in [0.1, 0.15) is 5.76 Å². The lowest BCUT2D eigenvalue weighted by atomic mass is 10.0. The lowest BCUT2D eigenvalue weighted by Gasteiger charge is -2.29. The molecule has 0 fully saturated rings. The summed E-state index contributed by atoms with van der Waals surface area (Å²) in [4.78, 5) is 18.5. The molecule has 0 aliphatic carbocycles. The van der Waals surface area contributed by atoms with E-state index in [0.717, 1.165) is 45.6 Å². The van der Waals surface area contributed by atoms with Gasteiger partial charge in [0.05, 0.1) is 25.4 Å². The molecular weight excluding hydrogens is 452 g/mol. The van der Waals surface area contributed by atoms with Crippen molar-refractivity contribution in [3.8, 4) is 0 Å². The van der Waals surface area contributed by atoms with Crippen LogP contribution >= 0.6 is 0 Å². The summed E-state index contributed by atoms with van der Waals surface area (Å²) in [6.07, 6.45) is 2.43. The van der Waals surface area contributed by atoms with Gasteiger partial charge in [-0.05, 0) is 71.7 Å². The van der Waals surface area contributed by atoms with E-state index in [1.165, 1.54) is 0 Å². The maximum Gasteiger partial charge on any atom is 0.252 e. The average Bonchev–Trinajstić information content (AvgIpc) is 3.54. The van der Waals surface area contributed by atoms with E-state index in [-0.39, 0.29) is 11.6 Å². The van der Waals surface area contributed by atoms with E-state index in [1.54, 1.807) is 6.26 Å². The number of nitrogens with zero attached hydrogens (tertiary/aromatic N) is 5. The Balaban J connectivity index is 1.52. The van der Waals surface area contributed by atoms with Crippen LogP contribution in [0.4, 0.5) is 0 Å². The molecule has 0 bridgehead atoms. The van der Waals surface area contributed by atoms with Crippen LogP contribution in [0, 0.1) is 13.8 Å². The molecule has 1 unspecified atom stereocenters. The summed E-state index contributed by atoms with van der Waals surface area (Å²) in [5.41, 5.74) is 4.85. The van der Waals surface area contributed by atoms with Crippen LogP contribution in [0.3, 0.4) is 0 Å². The Labute approximate surface area is 209 Å². The lowest BCUT2D eigenvalue weighted by molar-refractivity contribution is 0.149. The third-order valence-corrected chi connectivity index (χ3v) is 6.56. The summed E-state index contributed by atoms with van der Waals surface area (Å²) >= 11 is 0. The highest BCUT2D eigenvalue weighted by Crippen LogP contribution is 2.27. The molecule has 5 aromatic rings. The topological polar surface area (TPSA) is 92.8 Å². The van der Waals surface area contributed by atoms with Crippen LogP contribution in [0.1, 0.15) is 53.2 Å². The van der Waals surface area contributed by atoms with Gasteiger partial charge < -0.3 is 9.40 Å². The number of fused-ring (bicyclic) bond motifs is 1. The fourth-order valence-electron chi connectivity index (χ4n) is 4.85. The number of furan rings is 1. The van der Waals surface area contributed by atoms with Gasteiger partial charge in [0.15, 0.2) is 5.82 Å². The number of aromatic amines is 1. The number of tetrazole rings is 1. The lowest BCUT2D eigenvalue weighted by Crippen LogP contribution is -2.32. The van der Waals surface area contributed by atoms with E-state index >= 15 is 0 Å². The highest BCUT2D eigenvalue weighted by atomic mass is 16.3. The standard InChI is InChI=1S/C28H30N6O2/c1-4-26(27-30-31-32-34(27)16-21-9-6-5-7-10-21)33(18-23-11-8-12-36-23)17-22-15-24-20(3)13-19(2)14-25(24)29-28(22)35/h5-15,26H,4,16-18H2,1-3H3,(H,29,35). The molecule has 0 radical (unpaired) electrons. The number of aryl methyl sites for hydroxylation is 2. The van der Waals surface area contributed by atoms with Crippen molar-refractivity contribution in [1.29, 1.82) is 0 Å². The second-order valence-corrected chi connectivity index (χ2v) is 9.26. The molecule has 36 heavy (non-hydrogen) atoms. The highest BCUT2D eigenvalue weighted by molar-refractivity contribution is 5.83. The zero-order valence-corrected chi connectivity index (χ0v) is 20.8. The zero-order valence-electron chi connectivity index (χ0n) is 20.8. The third kappa shape index (κ3) is 4.99. The van der Waals surface area contributed by atoms with Crippen LogP contribution in [0.5, 0.6) is 0 Å². The van der Waals surface area contributed by atoms with Crippen LogP contribution < -0.4 is 5.56 Å². The summed E-state index contributed by atoms with van der Waals surface area (Å²) in [6, 6.07) is 20.0. The molecule has 1 atom stereocenters. The third-order valence-electron chi connectivity index (χ3n) is 6.56. The van der Waals surface area contributed by atoms with Gasteiger partial charge in [-0.2, -0.15) is 0 Å². The number of pyridine rings is 1. The molecule has 1 N–H and O–H groups in total. The minimum absolute atomic E-state index is 0.0873. The van der Waals surface area contributed by atoms with E-state index in [4.69, 9.17) is 4.42 Å². The molecule has 2 aromatic carbocycles. The van der Waals surface area contributed by atoms with Gasteiger partial charge in [-0.3, -0.25) is 9.69 Å². The van der Waals surface area contributed by atoms with Crippen molar-refractivity contribution in [2.24, 2.45) is 0 Å². The van der Waals surface area contributed by atoms with E-state index < -0.39 is 0 Å². The number of H-pyrrole nitrogens is 1. The molecule has 5 rings (SSSR count). The van der Waals surface area contributed by atoms with Gasteiger partial charge >= 0.3 is 0 Å². The first-order valence-electron chi connectivity index (χ1n) is 12.2. The van der Waals surface area contributed by atoms with Crippen molar-refractivity contribution in [3.63, 3.8) is 0 Å². The summed E-state index contributed by atoms with van der Waals surface area (Å²) in [5, 5.41) is 13.7. The number of aromatic nitrogens is 5. The Morgan fingerprint density at radius 3 is 2.64 bits per heavy atom. The van der Waals surface area contributed by atoms with Crippen LogP contribution in [-0.4, -0.2) is 30.1 Å². The Kier molecular flexibility index (Phi) is 6.77. The molecule has 0 aliphatic heterocycles. The van der Waals surface area contributed by atoms with Crippen molar-refractivity contribution < 1.29 is 4.42 Å². The summed E-state index contributed by atoms with van der Waals surface area (Å²) in [5.74, 6) is 1.58. The maximum absolute atomic E-state index is 13.1. The first kappa shape index (κ1) is 23.7. The molecule has 0 saturated heterocycles. The fraction of sp³-hybridized carbons (Fsp3) is 0.286. The molecule has 8 heteroatoms. The Morgan fingerprint density at radius 1 is 1.06 bits per heavy atom. The number of benzene rings is 2. The highest BCUT2D eigenvalue weighted by Gasteiger charge is 2.27. The Hall–Kier alpha value is -4.04. The van der Waals surface area contributed by atoms with Crippen LogP contribution in [0.2, 0.25) is 0 Å². The van der Waals surface area contributed by atoms with Crippen molar-refractivity contribution in [2.75, 3.05) is 0 Å². The van der Waals surface area contributed by atoms with E-state index in [0.29, 0.717) is 25.2 Å². The largest absolute Gasteiger partial charge is 0.468 e. The first-order valence-corrected chi connectivity index (χ1v) is 12.2. The zero-order chi connectivity index (χ0) is 25.1. The van der Waals surface area contributed by atoms with Crippen molar-refractivity contribution in [3.05, 3.63) is 111 Å². The quantitative estimate of drug-likeness (QED) is 0.320. The van der Waals surface area contributed by atoms with Gasteiger partial charge in [-0.25, -0.2) is 4.68 Å². The summed E-state index contributed by atoms with van der Waals surface area (Å²) in [6.45, 7) is 7.74. The number of hydrogen-bond donors (Lipinski definition) is 1. The van der Waals surface area contributed by atoms with E-state index in [2.05, 4.69) is 57.5 Å². The molecule has 0 spiro atoms. The van der Waals surface area contributed by atoms with Crippen molar-refractivity contribution in [2.45, 2.75) is 52.9 Å². The summed E-state index contributed by atoms with van der Waals surface area (Å²) < 4.78 is 7.53. The molecule has 8 nitrogen and oxygen atoms in total. The molecule has 3 aromatic heterocycles. The van der Waals surface area contributed by atoms with Crippen molar-refractivity contribution in [1.82, 2.24) is 30.1 Å². The Bertz CT molecular complexity index is 1500. The molecule has 0 saturated carbocycles. The summed E-state index contributed by atoms with van der Waals surface area (Å²) in [7, 11) is 0. The van der Waals surface area contributed by atoms with Gasteiger partial charge in [-0.15, -0.1) is 5.10 Å². The number of rotatable bonds is 9. The second kappa shape index (κ2) is 10.3. The van der Waals surface area contributed by atoms with Gasteiger partial charge in [0, 0.05) is 23.0 Å². The minimum Gasteiger partial charge on any atom is -0.468 e. The van der Waals surface area contributed by atoms with Gasteiger partial charge in [0.25, 0.3) is 5.56 Å². The average molecular weight is 483 g/mol. The van der Waals surface area contributed by atoms with Crippen LogP contribution in [0.15, 0.2) is 76.1 Å². The smallest absolute Gasteiger partial charge is 0.252 e. The molecule has 3 heterocycles.